The molecule has 1 atom stereocenters. The van der Waals surface area contributed by atoms with E-state index in [2.05, 4.69) is 0 Å². The Morgan fingerprint density at radius 2 is 1.86 bits per heavy atom. The Bertz CT molecular complexity index is 411. The summed E-state index contributed by atoms with van der Waals surface area (Å²) in [6.07, 6.45) is 4.07. The van der Waals surface area contributed by atoms with Gasteiger partial charge < -0.3 is 9.47 Å². The standard InChI is InChI=1S/C17H30FNO3/c1-15(2,3)22-14(20)19-13(12-21-16(19,4)5)11-17(18)9-7-6-8-10-17/h13H,6-12H2,1-5H3. The first-order chi connectivity index (χ1) is 10.0. The lowest BCUT2D eigenvalue weighted by Gasteiger charge is -2.38. The van der Waals surface area contributed by atoms with Crippen LogP contribution in [0.5, 0.6) is 0 Å². The van der Waals surface area contributed by atoms with E-state index in [0.29, 0.717) is 25.9 Å². The molecular weight excluding hydrogens is 285 g/mol. The fourth-order valence-corrected chi connectivity index (χ4v) is 3.53. The van der Waals surface area contributed by atoms with Crippen LogP contribution in [-0.2, 0) is 9.47 Å². The van der Waals surface area contributed by atoms with Gasteiger partial charge in [-0.3, -0.25) is 4.90 Å². The van der Waals surface area contributed by atoms with Crippen molar-refractivity contribution in [1.29, 1.82) is 0 Å². The molecule has 1 unspecified atom stereocenters. The van der Waals surface area contributed by atoms with Crippen molar-refractivity contribution < 1.29 is 18.7 Å². The minimum absolute atomic E-state index is 0.257. The van der Waals surface area contributed by atoms with E-state index in [4.69, 9.17) is 9.47 Å². The minimum atomic E-state index is -1.17. The molecule has 1 aliphatic carbocycles. The Morgan fingerprint density at radius 1 is 1.27 bits per heavy atom. The van der Waals surface area contributed by atoms with Gasteiger partial charge in [0.1, 0.15) is 17.0 Å². The lowest BCUT2D eigenvalue weighted by atomic mass is 9.82. The van der Waals surface area contributed by atoms with Crippen LogP contribution in [-0.4, -0.2) is 40.6 Å². The number of hydrogen-bond donors (Lipinski definition) is 0. The van der Waals surface area contributed by atoms with E-state index in [1.54, 1.807) is 4.90 Å². The molecule has 5 heteroatoms. The SMILES string of the molecule is CC(C)(C)OC(=O)N1C(CC2(F)CCCCC2)COC1(C)C. The summed E-state index contributed by atoms with van der Waals surface area (Å²) in [6, 6.07) is -0.257. The van der Waals surface area contributed by atoms with Crippen LogP contribution >= 0.6 is 0 Å². The molecule has 2 aliphatic rings. The molecule has 0 N–H and O–H groups in total. The molecule has 128 valence electrons. The van der Waals surface area contributed by atoms with Crippen molar-refractivity contribution in [3.63, 3.8) is 0 Å². The van der Waals surface area contributed by atoms with Gasteiger partial charge in [0.05, 0.1) is 12.6 Å². The van der Waals surface area contributed by atoms with Gasteiger partial charge >= 0.3 is 6.09 Å². The first kappa shape index (κ1) is 17.5. The lowest BCUT2D eigenvalue weighted by molar-refractivity contribution is -0.0647. The summed E-state index contributed by atoms with van der Waals surface area (Å²) in [6.45, 7) is 9.55. The van der Waals surface area contributed by atoms with E-state index >= 15 is 4.39 Å². The van der Waals surface area contributed by atoms with Crippen molar-refractivity contribution in [2.45, 2.75) is 96.2 Å². The van der Waals surface area contributed by atoms with Crippen LogP contribution in [0.15, 0.2) is 0 Å². The first-order valence-electron chi connectivity index (χ1n) is 8.38. The molecule has 1 aliphatic heterocycles. The molecule has 2 fully saturated rings. The highest BCUT2D eigenvalue weighted by Gasteiger charge is 2.48. The highest BCUT2D eigenvalue weighted by molar-refractivity contribution is 5.69. The summed E-state index contributed by atoms with van der Waals surface area (Å²) < 4.78 is 26.3. The molecule has 1 saturated heterocycles. The second-order valence-corrected chi connectivity index (χ2v) is 8.18. The summed E-state index contributed by atoms with van der Waals surface area (Å²) in [5, 5.41) is 0. The smallest absolute Gasteiger partial charge is 0.412 e. The topological polar surface area (TPSA) is 38.8 Å². The van der Waals surface area contributed by atoms with Gasteiger partial charge in [0.15, 0.2) is 0 Å². The van der Waals surface area contributed by atoms with Gasteiger partial charge in [0, 0.05) is 6.42 Å². The number of carbonyl (C=O) groups excluding carboxylic acids is 1. The van der Waals surface area contributed by atoms with E-state index in [1.807, 2.05) is 34.6 Å². The number of carbonyl (C=O) groups is 1. The zero-order valence-electron chi connectivity index (χ0n) is 14.6. The predicted molar refractivity (Wildman–Crippen MR) is 83.4 cm³/mol. The molecule has 0 aromatic heterocycles. The van der Waals surface area contributed by atoms with Gasteiger partial charge in [-0.25, -0.2) is 9.18 Å². The van der Waals surface area contributed by atoms with Crippen LogP contribution in [0.3, 0.4) is 0 Å². The van der Waals surface area contributed by atoms with E-state index in [9.17, 15) is 4.79 Å². The third-order valence-corrected chi connectivity index (χ3v) is 4.52. The summed E-state index contributed by atoms with van der Waals surface area (Å²) in [5.41, 5.74) is -2.50. The number of nitrogens with zero attached hydrogens (tertiary/aromatic N) is 1. The molecule has 1 heterocycles. The maximum atomic E-state index is 15.0. The average molecular weight is 315 g/mol. The number of alkyl halides is 1. The highest BCUT2D eigenvalue weighted by Crippen LogP contribution is 2.40. The zero-order valence-corrected chi connectivity index (χ0v) is 14.6. The molecule has 0 aromatic carbocycles. The van der Waals surface area contributed by atoms with E-state index < -0.39 is 23.1 Å². The van der Waals surface area contributed by atoms with Gasteiger partial charge in [-0.1, -0.05) is 19.3 Å². The van der Waals surface area contributed by atoms with Crippen LogP contribution < -0.4 is 0 Å². The van der Waals surface area contributed by atoms with Crippen molar-refractivity contribution in [2.75, 3.05) is 6.61 Å². The monoisotopic (exact) mass is 315 g/mol. The van der Waals surface area contributed by atoms with E-state index in [0.717, 1.165) is 19.3 Å². The maximum Gasteiger partial charge on any atom is 0.412 e. The summed E-state index contributed by atoms with van der Waals surface area (Å²) in [7, 11) is 0. The van der Waals surface area contributed by atoms with Crippen LogP contribution in [0.25, 0.3) is 0 Å². The highest BCUT2D eigenvalue weighted by atomic mass is 19.1. The van der Waals surface area contributed by atoms with Gasteiger partial charge in [-0.2, -0.15) is 0 Å². The third kappa shape index (κ3) is 4.12. The first-order valence-corrected chi connectivity index (χ1v) is 8.38. The maximum absolute atomic E-state index is 15.0. The second kappa shape index (κ2) is 5.99. The largest absolute Gasteiger partial charge is 0.444 e. The second-order valence-electron chi connectivity index (χ2n) is 8.18. The van der Waals surface area contributed by atoms with E-state index in [1.165, 1.54) is 0 Å². The molecule has 1 saturated carbocycles. The summed E-state index contributed by atoms with van der Waals surface area (Å²) >= 11 is 0. The number of hydrogen-bond acceptors (Lipinski definition) is 3. The van der Waals surface area contributed by atoms with Gasteiger partial charge in [0.25, 0.3) is 0 Å². The molecule has 0 bridgehead atoms. The Labute approximate surface area is 133 Å². The quantitative estimate of drug-likeness (QED) is 0.757. The molecule has 0 radical (unpaired) electrons. The summed E-state index contributed by atoms with van der Waals surface area (Å²) in [4.78, 5) is 14.1. The van der Waals surface area contributed by atoms with Crippen molar-refractivity contribution in [3.8, 4) is 0 Å². The minimum Gasteiger partial charge on any atom is -0.444 e. The summed E-state index contributed by atoms with van der Waals surface area (Å²) in [5.74, 6) is 0. The van der Waals surface area contributed by atoms with Crippen molar-refractivity contribution >= 4 is 6.09 Å². The van der Waals surface area contributed by atoms with Crippen LogP contribution in [0.2, 0.25) is 0 Å². The van der Waals surface area contributed by atoms with Crippen molar-refractivity contribution in [3.05, 3.63) is 0 Å². The number of amides is 1. The number of ether oxygens (including phenoxy) is 2. The lowest BCUT2D eigenvalue weighted by Crippen LogP contribution is -2.51. The Morgan fingerprint density at radius 3 is 2.41 bits per heavy atom. The Kier molecular flexibility index (Phi) is 4.77. The molecule has 0 aromatic rings. The normalized spacial score (nSPS) is 27.7. The molecule has 2 rings (SSSR count). The van der Waals surface area contributed by atoms with Crippen LogP contribution in [0, 0.1) is 0 Å². The predicted octanol–water partition coefficient (Wildman–Crippen LogP) is 4.42. The van der Waals surface area contributed by atoms with Gasteiger partial charge in [0.2, 0.25) is 0 Å². The van der Waals surface area contributed by atoms with E-state index in [-0.39, 0.29) is 6.04 Å². The Balaban J connectivity index is 2.10. The molecule has 0 spiro atoms. The van der Waals surface area contributed by atoms with Gasteiger partial charge in [-0.05, 0) is 47.5 Å². The molecule has 1 amide bonds. The van der Waals surface area contributed by atoms with Crippen molar-refractivity contribution in [1.82, 2.24) is 4.90 Å². The van der Waals surface area contributed by atoms with Gasteiger partial charge in [-0.15, -0.1) is 0 Å². The fourth-order valence-electron chi connectivity index (χ4n) is 3.53. The number of rotatable bonds is 2. The molecular formula is C17H30FNO3. The Hall–Kier alpha value is -0.840. The molecule has 22 heavy (non-hydrogen) atoms. The third-order valence-electron chi connectivity index (χ3n) is 4.52. The van der Waals surface area contributed by atoms with Crippen molar-refractivity contribution in [2.24, 2.45) is 0 Å². The number of halogens is 1. The van der Waals surface area contributed by atoms with Crippen LogP contribution in [0.1, 0.15) is 73.1 Å². The average Bonchev–Trinajstić information content (AvgIpc) is 2.62. The molecule has 4 nitrogen and oxygen atoms in total. The zero-order chi connectivity index (χ0) is 16.6. The van der Waals surface area contributed by atoms with Crippen LogP contribution in [0.4, 0.5) is 9.18 Å². The fraction of sp³-hybridized carbons (Fsp3) is 0.941.